The van der Waals surface area contributed by atoms with Crippen molar-refractivity contribution < 1.29 is 28.7 Å². The second-order valence-electron chi connectivity index (χ2n) is 11.6. The summed E-state index contributed by atoms with van der Waals surface area (Å²) in [5.74, 6) is -4.65. The highest BCUT2D eigenvalue weighted by atomic mass is 16.6. The quantitative estimate of drug-likeness (QED) is 0.329. The molecule has 2 N–H and O–H groups in total. The lowest BCUT2D eigenvalue weighted by Crippen LogP contribution is -2.92. The first-order chi connectivity index (χ1) is 21.3. The Morgan fingerprint density at radius 1 is 0.568 bits per heavy atom. The number of nitrogens with one attached hydrogen (secondary N) is 2. The zero-order chi connectivity index (χ0) is 30.6. The van der Waals surface area contributed by atoms with Crippen LogP contribution in [0.3, 0.4) is 0 Å². The highest BCUT2D eigenvalue weighted by Gasteiger charge is 2.89. The predicted octanol–water partition coefficient (Wildman–Crippen LogP) is 5.02. The number of carbonyl (C=O) groups excluding carboxylic acids is 4. The molecule has 0 spiro atoms. The highest BCUT2D eigenvalue weighted by Crippen LogP contribution is 2.64. The van der Waals surface area contributed by atoms with E-state index in [0.717, 1.165) is 11.1 Å². The first kappa shape index (κ1) is 27.6. The molecule has 2 heterocycles. The Labute approximate surface area is 254 Å². The summed E-state index contributed by atoms with van der Waals surface area (Å²) in [4.78, 5) is 57.9. The first-order valence-electron chi connectivity index (χ1n) is 14.7. The number of Topliss-reactive ketones (excluding diaryl/α,β-unsaturated/α-hetero) is 2. The van der Waals surface area contributed by atoms with Crippen molar-refractivity contribution in [2.45, 2.75) is 37.1 Å². The second kappa shape index (κ2) is 10.2. The minimum absolute atomic E-state index is 0.146. The van der Waals surface area contributed by atoms with Crippen LogP contribution in [0, 0.1) is 11.8 Å². The van der Waals surface area contributed by atoms with Crippen LogP contribution in [0.4, 0.5) is 0 Å². The molecule has 0 bridgehead atoms. The molecule has 1 aliphatic carbocycles. The average molecular weight is 587 g/mol. The average Bonchev–Trinajstić information content (AvgIpc) is 3.05. The van der Waals surface area contributed by atoms with Crippen molar-refractivity contribution in [3.8, 4) is 11.5 Å². The van der Waals surface area contributed by atoms with Crippen LogP contribution in [0.25, 0.3) is 0 Å². The lowest BCUT2D eigenvalue weighted by Gasteiger charge is -2.65. The molecule has 44 heavy (non-hydrogen) atoms. The molecule has 1 saturated carbocycles. The Morgan fingerprint density at radius 3 is 1.30 bits per heavy atom. The molecule has 0 radical (unpaired) electrons. The van der Waals surface area contributed by atoms with E-state index in [-0.39, 0.29) is 22.6 Å². The van der Waals surface area contributed by atoms with Crippen LogP contribution < -0.4 is 20.1 Å². The molecular weight excluding hydrogens is 556 g/mol. The van der Waals surface area contributed by atoms with Crippen molar-refractivity contribution >= 4 is 23.4 Å². The number of hydrogen-bond donors (Lipinski definition) is 2. The standard InChI is InChI=1S/C36H30N2O6/c1-21(23-13-5-3-6-14-23)37-33(41)35-29(31(39)25-17-9-11-19-27(25)43-35)30-32(40)26-18-10-12-20-28(26)44-36(30,35)34(42)38-22(2)24-15-7-4-8-16-24/h3-22,29-30H,1-2H3,(H,37,41)(H,38,42)/t21-,22-,29+,30+,35+,36+/m1/s1. The van der Waals surface area contributed by atoms with Gasteiger partial charge in [0.25, 0.3) is 11.8 Å². The molecule has 4 aromatic carbocycles. The normalized spacial score (nSPS) is 25.7. The highest BCUT2D eigenvalue weighted by molar-refractivity contribution is 6.20. The Bertz CT molecular complexity index is 1670. The van der Waals surface area contributed by atoms with Gasteiger partial charge in [0.05, 0.1) is 35.0 Å². The SMILES string of the molecule is C[C@@H](NC(=O)[C@@]12Oc3ccccc3C(=O)[C@@H]1[C@H]1C(=O)c3ccccc3O[C@]12C(=O)N[C@H](C)c1ccccc1)c1ccccc1. The number of amides is 2. The molecule has 8 heteroatoms. The van der Waals surface area contributed by atoms with Gasteiger partial charge in [0.15, 0.2) is 11.6 Å². The number of ether oxygens (including phenoxy) is 2. The Kier molecular flexibility index (Phi) is 6.39. The number of benzene rings is 4. The molecule has 2 aliphatic heterocycles. The summed E-state index contributed by atoms with van der Waals surface area (Å²) >= 11 is 0. The summed E-state index contributed by atoms with van der Waals surface area (Å²) in [5.41, 5.74) is -2.25. The maximum absolute atomic E-state index is 14.7. The summed E-state index contributed by atoms with van der Waals surface area (Å²) in [6.07, 6.45) is 0. The molecule has 6 atom stereocenters. The van der Waals surface area contributed by atoms with Gasteiger partial charge in [0.2, 0.25) is 11.2 Å². The summed E-state index contributed by atoms with van der Waals surface area (Å²) in [7, 11) is 0. The first-order valence-corrected chi connectivity index (χ1v) is 14.7. The van der Waals surface area contributed by atoms with Gasteiger partial charge in [0.1, 0.15) is 11.5 Å². The third-order valence-corrected chi connectivity index (χ3v) is 9.14. The lowest BCUT2D eigenvalue weighted by molar-refractivity contribution is -0.240. The van der Waals surface area contributed by atoms with E-state index < -0.39 is 58.5 Å². The van der Waals surface area contributed by atoms with Crippen LogP contribution >= 0.6 is 0 Å². The molecule has 4 aromatic rings. The van der Waals surface area contributed by atoms with Crippen molar-refractivity contribution in [2.75, 3.05) is 0 Å². The van der Waals surface area contributed by atoms with Gasteiger partial charge in [-0.15, -0.1) is 0 Å². The van der Waals surface area contributed by atoms with Gasteiger partial charge >= 0.3 is 0 Å². The Balaban J connectivity index is 1.41. The predicted molar refractivity (Wildman–Crippen MR) is 161 cm³/mol. The summed E-state index contributed by atoms with van der Waals surface area (Å²) in [6, 6.07) is 30.8. The third-order valence-electron chi connectivity index (χ3n) is 9.14. The van der Waals surface area contributed by atoms with Gasteiger partial charge in [-0.2, -0.15) is 0 Å². The van der Waals surface area contributed by atoms with E-state index in [4.69, 9.17) is 9.47 Å². The zero-order valence-corrected chi connectivity index (χ0v) is 24.2. The van der Waals surface area contributed by atoms with Crippen LogP contribution in [0.2, 0.25) is 0 Å². The molecule has 0 unspecified atom stereocenters. The fourth-order valence-corrected chi connectivity index (χ4v) is 6.96. The zero-order valence-electron chi connectivity index (χ0n) is 24.2. The molecule has 2 amide bonds. The van der Waals surface area contributed by atoms with Crippen molar-refractivity contribution in [1.82, 2.24) is 10.6 Å². The van der Waals surface area contributed by atoms with Gasteiger partial charge in [-0.25, -0.2) is 0 Å². The van der Waals surface area contributed by atoms with Crippen LogP contribution in [0.5, 0.6) is 11.5 Å². The molecule has 0 saturated heterocycles. The summed E-state index contributed by atoms with van der Waals surface area (Å²) in [6.45, 7) is 3.61. The Morgan fingerprint density at radius 2 is 0.909 bits per heavy atom. The van der Waals surface area contributed by atoms with Crippen LogP contribution in [-0.2, 0) is 9.59 Å². The van der Waals surface area contributed by atoms with E-state index in [1.807, 2.05) is 60.7 Å². The minimum Gasteiger partial charge on any atom is -0.471 e. The number of fused-ring (bicyclic) bond motifs is 6. The monoisotopic (exact) mass is 586 g/mol. The Hall–Kier alpha value is -5.24. The number of ketones is 2. The van der Waals surface area contributed by atoms with Crippen molar-refractivity contribution in [2.24, 2.45) is 11.8 Å². The second-order valence-corrected chi connectivity index (χ2v) is 11.6. The van der Waals surface area contributed by atoms with E-state index in [1.165, 1.54) is 0 Å². The molecule has 3 aliphatic rings. The van der Waals surface area contributed by atoms with E-state index in [9.17, 15) is 19.2 Å². The van der Waals surface area contributed by atoms with Crippen molar-refractivity contribution in [1.29, 1.82) is 0 Å². The number of para-hydroxylation sites is 2. The van der Waals surface area contributed by atoms with Gasteiger partial charge < -0.3 is 20.1 Å². The van der Waals surface area contributed by atoms with Crippen LogP contribution in [-0.4, -0.2) is 34.6 Å². The van der Waals surface area contributed by atoms with Gasteiger partial charge in [-0.05, 0) is 49.2 Å². The molecule has 0 aromatic heterocycles. The minimum atomic E-state index is -2.18. The third kappa shape index (κ3) is 3.76. The smallest absolute Gasteiger partial charge is 0.270 e. The molecule has 220 valence electrons. The lowest BCUT2D eigenvalue weighted by atomic mass is 9.44. The van der Waals surface area contributed by atoms with Crippen LogP contribution in [0.1, 0.15) is 57.8 Å². The van der Waals surface area contributed by atoms with E-state index in [2.05, 4.69) is 10.6 Å². The van der Waals surface area contributed by atoms with Crippen LogP contribution in [0.15, 0.2) is 109 Å². The largest absolute Gasteiger partial charge is 0.471 e. The molecular formula is C36H30N2O6. The maximum atomic E-state index is 14.7. The topological polar surface area (TPSA) is 111 Å². The molecule has 8 nitrogen and oxygen atoms in total. The number of hydrogen-bond acceptors (Lipinski definition) is 6. The number of carbonyl (C=O) groups is 4. The van der Waals surface area contributed by atoms with E-state index in [1.54, 1.807) is 62.4 Å². The van der Waals surface area contributed by atoms with E-state index in [0.29, 0.717) is 0 Å². The summed E-state index contributed by atoms with van der Waals surface area (Å²) < 4.78 is 13.1. The number of rotatable bonds is 6. The summed E-state index contributed by atoms with van der Waals surface area (Å²) in [5, 5.41) is 5.98. The maximum Gasteiger partial charge on any atom is 0.270 e. The fourth-order valence-electron chi connectivity index (χ4n) is 6.96. The van der Waals surface area contributed by atoms with Gasteiger partial charge in [0, 0.05) is 0 Å². The molecule has 7 rings (SSSR count). The van der Waals surface area contributed by atoms with Gasteiger partial charge in [-0.1, -0.05) is 84.9 Å². The molecule has 1 fully saturated rings. The fraction of sp³-hybridized carbons (Fsp3) is 0.222. The van der Waals surface area contributed by atoms with Crippen molar-refractivity contribution in [3.63, 3.8) is 0 Å². The van der Waals surface area contributed by atoms with Gasteiger partial charge in [-0.3, -0.25) is 19.2 Å². The van der Waals surface area contributed by atoms with Crippen molar-refractivity contribution in [3.05, 3.63) is 131 Å². The van der Waals surface area contributed by atoms with E-state index >= 15 is 0 Å².